The maximum Gasteiger partial charge on any atom is 0.220 e. The number of rotatable bonds is 54. The monoisotopic (exact) mass is 1110 g/mol. The van der Waals surface area contributed by atoms with Gasteiger partial charge in [-0.25, -0.2) is 0 Å². The smallest absolute Gasteiger partial charge is 0.220 e. The van der Waals surface area contributed by atoms with Gasteiger partial charge in [-0.05, 0) is 19.3 Å². The van der Waals surface area contributed by atoms with Crippen molar-refractivity contribution in [1.82, 2.24) is 5.32 Å². The highest BCUT2D eigenvalue weighted by molar-refractivity contribution is 5.76. The molecule has 14 nitrogen and oxygen atoms in total. The zero-order valence-electron chi connectivity index (χ0n) is 49.9. The maximum atomic E-state index is 13.3. The van der Waals surface area contributed by atoms with Crippen LogP contribution in [0.15, 0.2) is 12.2 Å². The predicted octanol–water partition coefficient (Wildman–Crippen LogP) is 12.2. The van der Waals surface area contributed by atoms with Gasteiger partial charge in [-0.15, -0.1) is 0 Å². The van der Waals surface area contributed by atoms with Crippen molar-refractivity contribution in [1.29, 1.82) is 0 Å². The molecule has 0 aromatic heterocycles. The van der Waals surface area contributed by atoms with Gasteiger partial charge < -0.3 is 65.1 Å². The Morgan fingerprint density at radius 2 is 0.795 bits per heavy atom. The van der Waals surface area contributed by atoms with Crippen LogP contribution in [0.3, 0.4) is 0 Å². The number of unbranched alkanes of at least 4 members (excludes halogenated alkanes) is 41. The summed E-state index contributed by atoms with van der Waals surface area (Å²) < 4.78 is 22.8. The Hall–Kier alpha value is -1.27. The van der Waals surface area contributed by atoms with Gasteiger partial charge in [-0.3, -0.25) is 4.79 Å². The number of nitrogens with one attached hydrogen (secondary N) is 1. The highest BCUT2D eigenvalue weighted by Gasteiger charge is 2.51. The molecule has 0 bridgehead atoms. The van der Waals surface area contributed by atoms with E-state index in [0.717, 1.165) is 38.5 Å². The first-order valence-corrected chi connectivity index (χ1v) is 32.9. The van der Waals surface area contributed by atoms with Gasteiger partial charge in [0.05, 0.1) is 32.0 Å². The number of allylic oxidation sites excluding steroid dienone is 1. The normalized spacial score (nSPS) is 24.5. The van der Waals surface area contributed by atoms with E-state index in [1.807, 2.05) is 6.08 Å². The van der Waals surface area contributed by atoms with Crippen molar-refractivity contribution in [3.8, 4) is 0 Å². The highest BCUT2D eigenvalue weighted by Crippen LogP contribution is 2.30. The summed E-state index contributed by atoms with van der Waals surface area (Å²) >= 11 is 0. The second-order valence-electron chi connectivity index (χ2n) is 23.6. The molecule has 0 spiro atoms. The van der Waals surface area contributed by atoms with Crippen molar-refractivity contribution < 1.29 is 64.6 Å². The minimum atomic E-state index is -1.79. The van der Waals surface area contributed by atoms with Crippen LogP contribution in [0.25, 0.3) is 0 Å². The molecule has 0 aromatic carbocycles. The summed E-state index contributed by atoms with van der Waals surface area (Å²) in [6, 6.07) is -0.910. The molecule has 462 valence electrons. The van der Waals surface area contributed by atoms with E-state index in [1.54, 1.807) is 6.08 Å². The summed E-state index contributed by atoms with van der Waals surface area (Å²) in [5.74, 6) is -0.232. The SMILES string of the molecule is CCCCCCCCCCCCCCCCCCCCCCCC/C=C/C(O)C(COC1OC(CO)C(OC2OC(CO)C(O)C(O)C2O)C(O)C1O)NC(=O)CCCCCCCCCCCCCCCCCCCCCC. The van der Waals surface area contributed by atoms with Crippen LogP contribution in [-0.4, -0.2) is 140 Å². The van der Waals surface area contributed by atoms with Crippen LogP contribution in [0.2, 0.25) is 0 Å². The predicted molar refractivity (Wildman–Crippen MR) is 314 cm³/mol. The number of aliphatic hydroxyl groups is 8. The lowest BCUT2D eigenvalue weighted by Gasteiger charge is -2.46. The van der Waals surface area contributed by atoms with Crippen LogP contribution < -0.4 is 5.32 Å². The number of carbonyl (C=O) groups is 1. The molecular formula is C64H123NO13. The van der Waals surface area contributed by atoms with Gasteiger partial charge in [-0.1, -0.05) is 283 Å². The van der Waals surface area contributed by atoms with Crippen molar-refractivity contribution >= 4 is 5.91 Å². The molecule has 2 aliphatic rings. The van der Waals surface area contributed by atoms with E-state index in [1.165, 1.54) is 231 Å². The van der Waals surface area contributed by atoms with Crippen LogP contribution in [0, 0.1) is 0 Å². The van der Waals surface area contributed by atoms with Crippen molar-refractivity contribution in [2.75, 3.05) is 19.8 Å². The van der Waals surface area contributed by atoms with Gasteiger partial charge in [0.15, 0.2) is 12.6 Å². The van der Waals surface area contributed by atoms with Crippen molar-refractivity contribution in [3.05, 3.63) is 12.2 Å². The average molecular weight is 1110 g/mol. The van der Waals surface area contributed by atoms with Crippen LogP contribution in [-0.2, 0) is 23.7 Å². The van der Waals surface area contributed by atoms with E-state index in [-0.39, 0.29) is 18.9 Å². The van der Waals surface area contributed by atoms with Gasteiger partial charge >= 0.3 is 0 Å². The fraction of sp³-hybridized carbons (Fsp3) is 0.953. The summed E-state index contributed by atoms with van der Waals surface area (Å²) in [7, 11) is 0. The Kier molecular flexibility index (Phi) is 46.9. The Morgan fingerprint density at radius 1 is 0.449 bits per heavy atom. The second-order valence-corrected chi connectivity index (χ2v) is 23.6. The van der Waals surface area contributed by atoms with E-state index in [9.17, 15) is 45.6 Å². The fourth-order valence-corrected chi connectivity index (χ4v) is 11.2. The van der Waals surface area contributed by atoms with Gasteiger partial charge in [0.1, 0.15) is 48.8 Å². The summed E-state index contributed by atoms with van der Waals surface area (Å²) in [6.45, 7) is 2.85. The molecule has 0 saturated carbocycles. The lowest BCUT2D eigenvalue weighted by molar-refractivity contribution is -0.359. The molecule has 0 radical (unpaired) electrons. The van der Waals surface area contributed by atoms with Gasteiger partial charge in [0.2, 0.25) is 5.91 Å². The standard InChI is InChI=1S/C64H123NO13/c1-3-5-7-9-11-13-15-17-19-21-23-25-26-27-28-29-31-33-35-37-39-41-43-45-47-53(68)52(65-56(69)48-46-44-42-40-38-36-34-32-30-24-22-20-18-16-14-12-10-8-6-4-2)51-75-63-61(74)59(72)62(55(50-67)77-63)78-64-60(73)58(71)57(70)54(49-66)76-64/h45,47,52-55,57-64,66-68,70-74H,3-44,46,48-51H2,1-2H3,(H,65,69)/b47-45+. The van der Waals surface area contributed by atoms with Gasteiger partial charge in [-0.2, -0.15) is 0 Å². The van der Waals surface area contributed by atoms with Gasteiger partial charge in [0.25, 0.3) is 0 Å². The summed E-state index contributed by atoms with van der Waals surface area (Å²) in [5.41, 5.74) is 0. The zero-order chi connectivity index (χ0) is 56.7. The van der Waals surface area contributed by atoms with E-state index in [4.69, 9.17) is 18.9 Å². The van der Waals surface area contributed by atoms with Gasteiger partial charge in [0, 0.05) is 6.42 Å². The number of hydrogen-bond donors (Lipinski definition) is 9. The molecule has 2 aliphatic heterocycles. The molecule has 2 heterocycles. The van der Waals surface area contributed by atoms with E-state index < -0.39 is 86.8 Å². The van der Waals surface area contributed by atoms with E-state index in [2.05, 4.69) is 19.2 Å². The maximum absolute atomic E-state index is 13.3. The van der Waals surface area contributed by atoms with Crippen molar-refractivity contribution in [3.63, 3.8) is 0 Å². The Balaban J connectivity index is 1.72. The molecule has 0 aromatic rings. The summed E-state index contributed by atoms with van der Waals surface area (Å²) in [4.78, 5) is 13.3. The second kappa shape index (κ2) is 50.3. The molecule has 2 rings (SSSR count). The quantitative estimate of drug-likeness (QED) is 0.0204. The topological polar surface area (TPSA) is 228 Å². The molecule has 9 N–H and O–H groups in total. The first-order valence-electron chi connectivity index (χ1n) is 32.9. The minimum absolute atomic E-state index is 0.232. The first kappa shape index (κ1) is 72.8. The van der Waals surface area contributed by atoms with Crippen LogP contribution >= 0.6 is 0 Å². The van der Waals surface area contributed by atoms with Crippen molar-refractivity contribution in [2.45, 2.75) is 370 Å². The third-order valence-electron chi connectivity index (χ3n) is 16.5. The molecule has 1 amide bonds. The third kappa shape index (κ3) is 35.0. The number of hydrogen-bond acceptors (Lipinski definition) is 13. The molecule has 14 heteroatoms. The zero-order valence-corrected chi connectivity index (χ0v) is 49.9. The number of carbonyl (C=O) groups excluding carboxylic acids is 1. The van der Waals surface area contributed by atoms with E-state index >= 15 is 0 Å². The molecule has 78 heavy (non-hydrogen) atoms. The lowest BCUT2D eigenvalue weighted by atomic mass is 9.97. The van der Waals surface area contributed by atoms with Crippen LogP contribution in [0.4, 0.5) is 0 Å². The number of aliphatic hydroxyl groups excluding tert-OH is 8. The minimum Gasteiger partial charge on any atom is -0.394 e. The number of ether oxygens (including phenoxy) is 4. The molecule has 2 saturated heterocycles. The molecular weight excluding hydrogens is 991 g/mol. The third-order valence-corrected chi connectivity index (χ3v) is 16.5. The molecule has 12 unspecified atom stereocenters. The average Bonchev–Trinajstić information content (AvgIpc) is 3.48. The first-order chi connectivity index (χ1) is 38.1. The van der Waals surface area contributed by atoms with Crippen molar-refractivity contribution in [2.24, 2.45) is 0 Å². The molecule has 0 aliphatic carbocycles. The van der Waals surface area contributed by atoms with Crippen LogP contribution in [0.1, 0.15) is 296 Å². The molecule has 2 fully saturated rings. The molecule has 12 atom stereocenters. The Bertz CT molecular complexity index is 1360. The summed E-state index contributed by atoms with van der Waals surface area (Å²) in [6.07, 6.45) is 42.5. The van der Waals surface area contributed by atoms with E-state index in [0.29, 0.717) is 6.42 Å². The Labute approximate surface area is 476 Å². The number of amides is 1. The Morgan fingerprint density at radius 3 is 1.18 bits per heavy atom. The highest BCUT2D eigenvalue weighted by atomic mass is 16.7. The fourth-order valence-electron chi connectivity index (χ4n) is 11.2. The largest absolute Gasteiger partial charge is 0.394 e. The van der Waals surface area contributed by atoms with Crippen LogP contribution in [0.5, 0.6) is 0 Å². The lowest BCUT2D eigenvalue weighted by Crippen LogP contribution is -2.65. The summed E-state index contributed by atoms with van der Waals surface area (Å²) in [5, 5.41) is 87.3.